The van der Waals surface area contributed by atoms with Gasteiger partial charge in [-0.3, -0.25) is 0 Å². The maximum absolute atomic E-state index is 6.67. The number of aromatic nitrogens is 3. The molecule has 0 saturated heterocycles. The fourth-order valence-electron chi connectivity index (χ4n) is 6.82. The van der Waals surface area contributed by atoms with Gasteiger partial charge in [0.1, 0.15) is 22.3 Å². The summed E-state index contributed by atoms with van der Waals surface area (Å²) < 4.78 is 13.0. The molecule has 0 fully saturated rings. The number of rotatable bonds is 4. The van der Waals surface area contributed by atoms with Crippen LogP contribution in [0, 0.1) is 0 Å². The van der Waals surface area contributed by atoms with Gasteiger partial charge in [-0.1, -0.05) is 121 Å². The second-order valence-corrected chi connectivity index (χ2v) is 12.0. The Morgan fingerprint density at radius 1 is 0.354 bits per heavy atom. The van der Waals surface area contributed by atoms with Crippen LogP contribution in [0.1, 0.15) is 0 Å². The van der Waals surface area contributed by atoms with Crippen LogP contribution >= 0.6 is 0 Å². The lowest BCUT2D eigenvalue weighted by Gasteiger charge is -2.09. The molecular formula is C43H25N3O2. The largest absolute Gasteiger partial charge is 0.456 e. The Balaban J connectivity index is 1.17. The fraction of sp³-hybridized carbons (Fsp3) is 0. The average Bonchev–Trinajstić information content (AvgIpc) is 3.72. The molecule has 224 valence electrons. The van der Waals surface area contributed by atoms with Gasteiger partial charge in [-0.25, -0.2) is 15.0 Å². The Morgan fingerprint density at radius 3 is 1.73 bits per heavy atom. The van der Waals surface area contributed by atoms with Crippen molar-refractivity contribution in [3.8, 4) is 45.3 Å². The van der Waals surface area contributed by atoms with Crippen LogP contribution in [0.25, 0.3) is 99.9 Å². The summed E-state index contributed by atoms with van der Waals surface area (Å²) in [5.41, 5.74) is 8.16. The van der Waals surface area contributed by atoms with E-state index >= 15 is 0 Å². The average molecular weight is 616 g/mol. The number of hydrogen-bond acceptors (Lipinski definition) is 5. The van der Waals surface area contributed by atoms with Crippen LogP contribution in [0.3, 0.4) is 0 Å². The Bertz CT molecular complexity index is 2780. The van der Waals surface area contributed by atoms with Crippen LogP contribution < -0.4 is 0 Å². The van der Waals surface area contributed by atoms with Crippen molar-refractivity contribution < 1.29 is 8.83 Å². The van der Waals surface area contributed by atoms with E-state index in [0.29, 0.717) is 17.5 Å². The van der Waals surface area contributed by atoms with E-state index < -0.39 is 0 Å². The van der Waals surface area contributed by atoms with Crippen LogP contribution in [0.4, 0.5) is 0 Å². The number of furan rings is 2. The molecule has 0 aliphatic carbocycles. The van der Waals surface area contributed by atoms with Gasteiger partial charge in [-0.05, 0) is 46.7 Å². The van der Waals surface area contributed by atoms with Crippen molar-refractivity contribution in [3.63, 3.8) is 0 Å². The van der Waals surface area contributed by atoms with Gasteiger partial charge in [0.2, 0.25) is 0 Å². The molecule has 3 heterocycles. The van der Waals surface area contributed by atoms with Crippen LogP contribution in [0.2, 0.25) is 0 Å². The zero-order valence-corrected chi connectivity index (χ0v) is 25.6. The number of fused-ring (bicyclic) bond motifs is 7. The molecule has 3 aromatic heterocycles. The number of benzene rings is 7. The molecule has 0 amide bonds. The Morgan fingerprint density at radius 2 is 0.979 bits per heavy atom. The first-order valence-corrected chi connectivity index (χ1v) is 15.9. The molecule has 0 aliphatic rings. The van der Waals surface area contributed by atoms with Crippen molar-refractivity contribution in [2.24, 2.45) is 0 Å². The maximum atomic E-state index is 6.67. The van der Waals surface area contributed by atoms with E-state index in [0.717, 1.165) is 77.1 Å². The van der Waals surface area contributed by atoms with Gasteiger partial charge in [0.15, 0.2) is 17.5 Å². The quantitative estimate of drug-likeness (QED) is 0.197. The van der Waals surface area contributed by atoms with Crippen LogP contribution in [0.5, 0.6) is 0 Å². The lowest BCUT2D eigenvalue weighted by atomic mass is 9.98. The van der Waals surface area contributed by atoms with E-state index in [2.05, 4.69) is 78.9 Å². The van der Waals surface area contributed by atoms with Gasteiger partial charge >= 0.3 is 0 Å². The fourth-order valence-corrected chi connectivity index (χ4v) is 6.82. The number of para-hydroxylation sites is 1. The molecule has 10 rings (SSSR count). The molecule has 0 bridgehead atoms. The lowest BCUT2D eigenvalue weighted by Crippen LogP contribution is -2.00. The van der Waals surface area contributed by atoms with Gasteiger partial charge in [-0.2, -0.15) is 0 Å². The van der Waals surface area contributed by atoms with Gasteiger partial charge in [-0.15, -0.1) is 0 Å². The summed E-state index contributed by atoms with van der Waals surface area (Å²) in [5.74, 6) is 1.84. The van der Waals surface area contributed by atoms with Gasteiger partial charge in [0.05, 0.1) is 0 Å². The Labute approximate surface area is 274 Å². The van der Waals surface area contributed by atoms with E-state index in [1.54, 1.807) is 0 Å². The molecule has 10 aromatic rings. The summed E-state index contributed by atoms with van der Waals surface area (Å²) in [6.07, 6.45) is 0. The van der Waals surface area contributed by atoms with Gasteiger partial charge in [0, 0.05) is 43.8 Å². The number of hydrogen-bond donors (Lipinski definition) is 0. The SMILES string of the molecule is c1ccc(-c2nc(-c3ccccc3)nc(-c3cccc4oc5c(-c6ccc7oc8cc9ccccc9cc8c7c6)cccc5c34)n2)cc1. The summed E-state index contributed by atoms with van der Waals surface area (Å²) in [7, 11) is 0. The van der Waals surface area contributed by atoms with Crippen molar-refractivity contribution in [2.75, 3.05) is 0 Å². The normalized spacial score (nSPS) is 11.8. The molecule has 7 aromatic carbocycles. The van der Waals surface area contributed by atoms with E-state index in [9.17, 15) is 0 Å². The lowest BCUT2D eigenvalue weighted by molar-refractivity contribution is 0.668. The van der Waals surface area contributed by atoms with Crippen molar-refractivity contribution in [1.82, 2.24) is 15.0 Å². The van der Waals surface area contributed by atoms with Crippen LogP contribution in [-0.2, 0) is 0 Å². The highest BCUT2D eigenvalue weighted by molar-refractivity contribution is 6.16. The van der Waals surface area contributed by atoms with Crippen molar-refractivity contribution in [3.05, 3.63) is 152 Å². The van der Waals surface area contributed by atoms with Gasteiger partial charge < -0.3 is 8.83 Å². The highest BCUT2D eigenvalue weighted by atomic mass is 16.3. The minimum absolute atomic E-state index is 0.597. The maximum Gasteiger partial charge on any atom is 0.164 e. The minimum Gasteiger partial charge on any atom is -0.456 e. The molecule has 48 heavy (non-hydrogen) atoms. The molecule has 0 unspecified atom stereocenters. The highest BCUT2D eigenvalue weighted by Crippen LogP contribution is 2.42. The molecule has 5 heteroatoms. The zero-order valence-electron chi connectivity index (χ0n) is 25.6. The van der Waals surface area contributed by atoms with E-state index in [4.69, 9.17) is 23.8 Å². The molecule has 5 nitrogen and oxygen atoms in total. The Kier molecular flexibility index (Phi) is 5.81. The topological polar surface area (TPSA) is 65.0 Å². The first-order chi connectivity index (χ1) is 23.8. The highest BCUT2D eigenvalue weighted by Gasteiger charge is 2.20. The molecular weight excluding hydrogens is 590 g/mol. The molecule has 0 radical (unpaired) electrons. The second-order valence-electron chi connectivity index (χ2n) is 12.0. The summed E-state index contributed by atoms with van der Waals surface area (Å²) in [5, 5.41) is 6.51. The third kappa shape index (κ3) is 4.22. The zero-order chi connectivity index (χ0) is 31.6. The molecule has 0 N–H and O–H groups in total. The summed E-state index contributed by atoms with van der Waals surface area (Å²) >= 11 is 0. The van der Waals surface area contributed by atoms with Gasteiger partial charge in [0.25, 0.3) is 0 Å². The third-order valence-electron chi connectivity index (χ3n) is 9.11. The predicted molar refractivity (Wildman–Crippen MR) is 194 cm³/mol. The standard InChI is InChI=1S/C43H25N3O2/c1-3-11-26(12-4-1)41-44-42(27-13-5-2-6-14-27)46-43(45-41)33-19-10-20-37-39(33)32-18-9-17-31(40(32)48-37)30-21-22-36-34(24-30)35-23-28-15-7-8-16-29(28)25-38(35)47-36/h1-25H. The van der Waals surface area contributed by atoms with Crippen molar-refractivity contribution >= 4 is 54.6 Å². The molecule has 0 saturated carbocycles. The van der Waals surface area contributed by atoms with E-state index in [-0.39, 0.29) is 0 Å². The van der Waals surface area contributed by atoms with Crippen molar-refractivity contribution in [2.45, 2.75) is 0 Å². The third-order valence-corrected chi connectivity index (χ3v) is 9.11. The first-order valence-electron chi connectivity index (χ1n) is 15.9. The van der Waals surface area contributed by atoms with Crippen molar-refractivity contribution in [1.29, 1.82) is 0 Å². The van der Waals surface area contributed by atoms with E-state index in [1.165, 1.54) is 5.39 Å². The predicted octanol–water partition coefficient (Wildman–Crippen LogP) is 11.5. The van der Waals surface area contributed by atoms with E-state index in [1.807, 2.05) is 72.8 Å². The number of nitrogens with zero attached hydrogens (tertiary/aromatic N) is 3. The van der Waals surface area contributed by atoms with Crippen LogP contribution in [-0.4, -0.2) is 15.0 Å². The smallest absolute Gasteiger partial charge is 0.164 e. The first kappa shape index (κ1) is 26.6. The second kappa shape index (κ2) is 10.5. The summed E-state index contributed by atoms with van der Waals surface area (Å²) in [4.78, 5) is 14.9. The minimum atomic E-state index is 0.597. The summed E-state index contributed by atoms with van der Waals surface area (Å²) in [6.45, 7) is 0. The molecule has 0 spiro atoms. The molecule has 0 atom stereocenters. The monoisotopic (exact) mass is 615 g/mol. The summed E-state index contributed by atoms with van der Waals surface area (Å²) in [6, 6.07) is 51.6. The van der Waals surface area contributed by atoms with Crippen LogP contribution in [0.15, 0.2) is 160 Å². The Hall–Kier alpha value is -6.59. The molecule has 0 aliphatic heterocycles.